The normalized spacial score (nSPS) is 14.7. The summed E-state index contributed by atoms with van der Waals surface area (Å²) in [6.45, 7) is 2.62. The lowest BCUT2D eigenvalue weighted by atomic mass is 10.2. The Labute approximate surface area is 195 Å². The van der Waals surface area contributed by atoms with Crippen LogP contribution in [0.15, 0.2) is 48.5 Å². The molecular weight excluding hydrogens is 422 g/mol. The number of amides is 1. The Morgan fingerprint density at radius 3 is 2.48 bits per heavy atom. The van der Waals surface area contributed by atoms with E-state index in [9.17, 15) is 9.90 Å². The Kier molecular flexibility index (Phi) is 10.3. The first-order valence-corrected chi connectivity index (χ1v) is 11.6. The second-order valence-electron chi connectivity index (χ2n) is 8.15. The summed E-state index contributed by atoms with van der Waals surface area (Å²) in [6, 6.07) is 14.2. The summed E-state index contributed by atoms with van der Waals surface area (Å²) >= 11 is 0. The van der Waals surface area contributed by atoms with Crippen molar-refractivity contribution in [3.8, 4) is 11.5 Å². The van der Waals surface area contributed by atoms with Crippen LogP contribution in [0.4, 0.5) is 5.69 Å². The van der Waals surface area contributed by atoms with Gasteiger partial charge in [0.2, 0.25) is 0 Å². The highest BCUT2D eigenvalue weighted by atomic mass is 16.5. The molecule has 0 aliphatic heterocycles. The molecule has 1 atom stereocenters. The molecule has 2 aromatic rings. The predicted octanol–water partition coefficient (Wildman–Crippen LogP) is 2.37. The van der Waals surface area contributed by atoms with Crippen LogP contribution in [0.1, 0.15) is 36.0 Å². The van der Waals surface area contributed by atoms with Crippen molar-refractivity contribution in [3.05, 3.63) is 54.1 Å². The average molecular weight is 458 g/mol. The van der Waals surface area contributed by atoms with E-state index in [0.29, 0.717) is 56.0 Å². The monoisotopic (exact) mass is 457 g/mol. The molecule has 5 N–H and O–H groups in total. The van der Waals surface area contributed by atoms with Crippen molar-refractivity contribution in [2.75, 3.05) is 45.2 Å². The Morgan fingerprint density at radius 1 is 1.03 bits per heavy atom. The van der Waals surface area contributed by atoms with Gasteiger partial charge in [-0.15, -0.1) is 0 Å². The van der Waals surface area contributed by atoms with Crippen molar-refractivity contribution in [1.29, 1.82) is 0 Å². The summed E-state index contributed by atoms with van der Waals surface area (Å²) in [6.07, 6.45) is 4.58. The van der Waals surface area contributed by atoms with E-state index in [1.807, 2.05) is 24.3 Å². The minimum absolute atomic E-state index is 0.165. The molecule has 2 aromatic carbocycles. The van der Waals surface area contributed by atoms with Crippen LogP contribution in [0.5, 0.6) is 11.5 Å². The van der Waals surface area contributed by atoms with Gasteiger partial charge in [0.15, 0.2) is 0 Å². The first-order valence-electron chi connectivity index (χ1n) is 11.6. The number of anilines is 1. The maximum atomic E-state index is 12.0. The maximum Gasteiger partial charge on any atom is 0.251 e. The fraction of sp³-hybridized carbons (Fsp3) is 0.480. The summed E-state index contributed by atoms with van der Waals surface area (Å²) in [5.74, 6) is 1.25. The number of nitrogen functional groups attached to an aromatic ring is 1. The third-order valence-electron chi connectivity index (χ3n) is 5.39. The van der Waals surface area contributed by atoms with Crippen molar-refractivity contribution in [2.45, 2.75) is 37.9 Å². The lowest BCUT2D eigenvalue weighted by molar-refractivity contribution is 0.0382. The molecule has 0 spiro atoms. The summed E-state index contributed by atoms with van der Waals surface area (Å²) < 4.78 is 17.1. The SMILES string of the molecule is Nc1cccc(C(=O)NCCNCC(O)COc2ccc(OCCOC3CCCC3)cc2)c1. The number of carbonyl (C=O) groups is 1. The van der Waals surface area contributed by atoms with Crippen molar-refractivity contribution < 1.29 is 24.1 Å². The zero-order valence-corrected chi connectivity index (χ0v) is 19.0. The topological polar surface area (TPSA) is 115 Å². The van der Waals surface area contributed by atoms with Crippen LogP contribution in [0.25, 0.3) is 0 Å². The van der Waals surface area contributed by atoms with Gasteiger partial charge in [0, 0.05) is 30.9 Å². The van der Waals surface area contributed by atoms with Crippen molar-refractivity contribution in [1.82, 2.24) is 10.6 Å². The number of nitrogens with one attached hydrogen (secondary N) is 2. The van der Waals surface area contributed by atoms with Crippen LogP contribution >= 0.6 is 0 Å². The van der Waals surface area contributed by atoms with Crippen LogP contribution < -0.4 is 25.8 Å². The van der Waals surface area contributed by atoms with E-state index in [-0.39, 0.29) is 12.5 Å². The van der Waals surface area contributed by atoms with E-state index in [0.717, 1.165) is 18.6 Å². The first-order chi connectivity index (χ1) is 16.1. The number of hydrogen-bond donors (Lipinski definition) is 4. The first kappa shape index (κ1) is 24.8. The summed E-state index contributed by atoms with van der Waals surface area (Å²) in [4.78, 5) is 12.0. The molecule has 180 valence electrons. The molecule has 1 aliphatic rings. The predicted molar refractivity (Wildman–Crippen MR) is 128 cm³/mol. The molecule has 1 unspecified atom stereocenters. The minimum atomic E-state index is -0.668. The van der Waals surface area contributed by atoms with Crippen molar-refractivity contribution >= 4 is 11.6 Å². The molecule has 1 aliphatic carbocycles. The molecule has 8 nitrogen and oxygen atoms in total. The van der Waals surface area contributed by atoms with Gasteiger partial charge in [-0.2, -0.15) is 0 Å². The average Bonchev–Trinajstić information content (AvgIpc) is 3.34. The highest BCUT2D eigenvalue weighted by molar-refractivity contribution is 5.94. The van der Waals surface area contributed by atoms with Crippen LogP contribution in [0.2, 0.25) is 0 Å². The van der Waals surface area contributed by atoms with Crippen LogP contribution in [0, 0.1) is 0 Å². The second-order valence-corrected chi connectivity index (χ2v) is 8.15. The zero-order valence-electron chi connectivity index (χ0n) is 19.0. The molecule has 1 fully saturated rings. The summed E-state index contributed by atoms with van der Waals surface area (Å²) in [5, 5.41) is 16.0. The fourth-order valence-corrected chi connectivity index (χ4v) is 3.63. The molecule has 0 aromatic heterocycles. The Morgan fingerprint density at radius 2 is 1.76 bits per heavy atom. The Balaban J connectivity index is 1.22. The summed E-state index contributed by atoms with van der Waals surface area (Å²) in [5.41, 5.74) is 6.76. The highest BCUT2D eigenvalue weighted by Crippen LogP contribution is 2.21. The smallest absolute Gasteiger partial charge is 0.251 e. The third kappa shape index (κ3) is 9.29. The van der Waals surface area contributed by atoms with Crippen LogP contribution in [-0.2, 0) is 4.74 Å². The molecule has 0 bridgehead atoms. The van der Waals surface area contributed by atoms with Crippen LogP contribution in [-0.4, -0.2) is 62.7 Å². The largest absolute Gasteiger partial charge is 0.491 e. The van der Waals surface area contributed by atoms with Gasteiger partial charge < -0.3 is 35.7 Å². The van der Waals surface area contributed by atoms with Gasteiger partial charge in [-0.25, -0.2) is 0 Å². The molecule has 33 heavy (non-hydrogen) atoms. The number of ether oxygens (including phenoxy) is 3. The second kappa shape index (κ2) is 13.7. The lowest BCUT2D eigenvalue weighted by Gasteiger charge is -2.14. The molecule has 1 amide bonds. The van der Waals surface area contributed by atoms with Gasteiger partial charge in [0.25, 0.3) is 5.91 Å². The Hall–Kier alpha value is -2.81. The van der Waals surface area contributed by atoms with E-state index in [2.05, 4.69) is 10.6 Å². The van der Waals surface area contributed by atoms with Gasteiger partial charge in [0.1, 0.15) is 30.8 Å². The lowest BCUT2D eigenvalue weighted by Crippen LogP contribution is -2.37. The van der Waals surface area contributed by atoms with Crippen molar-refractivity contribution in [3.63, 3.8) is 0 Å². The number of hydrogen-bond acceptors (Lipinski definition) is 7. The van der Waals surface area contributed by atoms with Gasteiger partial charge in [-0.3, -0.25) is 4.79 Å². The molecular formula is C25H35N3O5. The number of rotatable bonds is 14. The number of aliphatic hydroxyl groups is 1. The molecule has 8 heteroatoms. The molecule has 0 radical (unpaired) electrons. The van der Waals surface area contributed by atoms with E-state index in [1.54, 1.807) is 24.3 Å². The van der Waals surface area contributed by atoms with Gasteiger partial charge in [-0.05, 0) is 55.3 Å². The molecule has 3 rings (SSSR count). The molecule has 0 saturated heterocycles. The fourth-order valence-electron chi connectivity index (χ4n) is 3.63. The quantitative estimate of drug-likeness (QED) is 0.254. The third-order valence-corrected chi connectivity index (χ3v) is 5.39. The van der Waals surface area contributed by atoms with E-state index in [1.165, 1.54) is 12.8 Å². The number of aliphatic hydroxyl groups excluding tert-OH is 1. The van der Waals surface area contributed by atoms with E-state index >= 15 is 0 Å². The Bertz CT molecular complexity index is 840. The zero-order chi connectivity index (χ0) is 23.3. The van der Waals surface area contributed by atoms with Gasteiger partial charge in [0.05, 0.1) is 12.7 Å². The molecule has 1 saturated carbocycles. The number of nitrogens with two attached hydrogens (primary N) is 1. The number of carbonyl (C=O) groups excluding carboxylic acids is 1. The highest BCUT2D eigenvalue weighted by Gasteiger charge is 2.14. The standard InChI is InChI=1S/C25H35N3O5/c26-20-5-3-4-19(16-20)25(30)28-13-12-27-17-21(29)18-33-24-10-8-23(9-11-24)32-15-14-31-22-6-1-2-7-22/h3-5,8-11,16,21-22,27,29H,1-2,6-7,12-15,17-18,26H2,(H,28,30). The maximum absolute atomic E-state index is 12.0. The van der Waals surface area contributed by atoms with Gasteiger partial charge >= 0.3 is 0 Å². The number of benzene rings is 2. The summed E-state index contributed by atoms with van der Waals surface area (Å²) in [7, 11) is 0. The minimum Gasteiger partial charge on any atom is -0.491 e. The van der Waals surface area contributed by atoms with Crippen LogP contribution in [0.3, 0.4) is 0 Å². The van der Waals surface area contributed by atoms with Gasteiger partial charge in [-0.1, -0.05) is 18.9 Å². The van der Waals surface area contributed by atoms with E-state index < -0.39 is 6.10 Å². The van der Waals surface area contributed by atoms with Crippen molar-refractivity contribution in [2.24, 2.45) is 0 Å². The molecule has 0 heterocycles. The van der Waals surface area contributed by atoms with E-state index in [4.69, 9.17) is 19.9 Å².